The Morgan fingerprint density at radius 1 is 1.00 bits per heavy atom. The minimum absolute atomic E-state index is 0.269. The summed E-state index contributed by atoms with van der Waals surface area (Å²) in [5.74, 6) is 0.269. The highest BCUT2D eigenvalue weighted by atomic mass is 14.8. The number of pyridine rings is 1. The molecule has 0 saturated heterocycles. The van der Waals surface area contributed by atoms with E-state index in [2.05, 4.69) is 30.1 Å². The monoisotopic (exact) mass is 313 g/mol. The Bertz CT molecular complexity index is 902. The number of aryl methyl sites for hydroxylation is 2. The molecular formula is C21H19N3. The number of nitriles is 1. The van der Waals surface area contributed by atoms with Crippen LogP contribution in [0.5, 0.6) is 0 Å². The van der Waals surface area contributed by atoms with Crippen molar-refractivity contribution in [2.24, 2.45) is 0 Å². The van der Waals surface area contributed by atoms with Gasteiger partial charge in [-0.05, 0) is 30.5 Å². The predicted molar refractivity (Wildman–Crippen MR) is 98.4 cm³/mol. The van der Waals surface area contributed by atoms with E-state index in [1.807, 2.05) is 49.4 Å². The van der Waals surface area contributed by atoms with Crippen LogP contribution in [0.1, 0.15) is 23.6 Å². The number of hydrogen-bond donors (Lipinski definition) is 1. The minimum Gasteiger partial charge on any atom is -0.383 e. The lowest BCUT2D eigenvalue weighted by Gasteiger charge is -2.11. The van der Waals surface area contributed by atoms with Crippen molar-refractivity contribution >= 4 is 5.82 Å². The highest BCUT2D eigenvalue weighted by molar-refractivity contribution is 5.80. The van der Waals surface area contributed by atoms with Crippen LogP contribution in [0, 0.1) is 18.3 Å². The van der Waals surface area contributed by atoms with Crippen LogP contribution >= 0.6 is 0 Å². The molecular weight excluding hydrogens is 294 g/mol. The smallest absolute Gasteiger partial charge is 0.142 e. The number of nitrogens with two attached hydrogens (primary N) is 1. The number of aromatic nitrogens is 1. The Morgan fingerprint density at radius 3 is 2.21 bits per heavy atom. The van der Waals surface area contributed by atoms with Gasteiger partial charge in [0.1, 0.15) is 17.5 Å². The molecule has 0 radical (unpaired) electrons. The molecule has 0 fully saturated rings. The zero-order chi connectivity index (χ0) is 17.1. The average Bonchev–Trinajstić information content (AvgIpc) is 2.62. The Balaban J connectivity index is 2.15. The van der Waals surface area contributed by atoms with Crippen LogP contribution in [0.15, 0.2) is 54.6 Å². The van der Waals surface area contributed by atoms with E-state index in [1.165, 1.54) is 11.1 Å². The van der Waals surface area contributed by atoms with Crippen molar-refractivity contribution in [3.63, 3.8) is 0 Å². The van der Waals surface area contributed by atoms with E-state index in [0.717, 1.165) is 28.8 Å². The summed E-state index contributed by atoms with van der Waals surface area (Å²) >= 11 is 0. The maximum atomic E-state index is 9.47. The van der Waals surface area contributed by atoms with Gasteiger partial charge in [0.2, 0.25) is 0 Å². The molecule has 0 aliphatic rings. The summed E-state index contributed by atoms with van der Waals surface area (Å²) in [6.45, 7) is 4.17. The number of anilines is 1. The molecule has 0 aliphatic carbocycles. The molecule has 0 atom stereocenters. The first-order valence-corrected chi connectivity index (χ1v) is 7.99. The van der Waals surface area contributed by atoms with Gasteiger partial charge >= 0.3 is 0 Å². The third-order valence-electron chi connectivity index (χ3n) is 4.18. The maximum absolute atomic E-state index is 9.47. The quantitative estimate of drug-likeness (QED) is 0.759. The maximum Gasteiger partial charge on any atom is 0.142 e. The highest BCUT2D eigenvalue weighted by Crippen LogP contribution is 2.31. The van der Waals surface area contributed by atoms with Crippen LogP contribution < -0.4 is 5.73 Å². The van der Waals surface area contributed by atoms with Gasteiger partial charge in [-0.2, -0.15) is 5.26 Å². The summed E-state index contributed by atoms with van der Waals surface area (Å²) in [5, 5.41) is 9.47. The highest BCUT2D eigenvalue weighted by Gasteiger charge is 2.13. The van der Waals surface area contributed by atoms with E-state index in [4.69, 9.17) is 5.73 Å². The second-order valence-corrected chi connectivity index (χ2v) is 5.84. The average molecular weight is 313 g/mol. The lowest BCUT2D eigenvalue weighted by Crippen LogP contribution is -2.00. The molecule has 3 nitrogen and oxygen atoms in total. The molecule has 3 heteroatoms. The van der Waals surface area contributed by atoms with Crippen molar-refractivity contribution in [1.29, 1.82) is 5.26 Å². The van der Waals surface area contributed by atoms with E-state index >= 15 is 0 Å². The first-order valence-electron chi connectivity index (χ1n) is 7.99. The summed E-state index contributed by atoms with van der Waals surface area (Å²) in [7, 11) is 0. The number of rotatable bonds is 3. The summed E-state index contributed by atoms with van der Waals surface area (Å²) in [4.78, 5) is 4.43. The molecule has 0 amide bonds. The van der Waals surface area contributed by atoms with Crippen LogP contribution in [0.2, 0.25) is 0 Å². The minimum atomic E-state index is 0.269. The van der Waals surface area contributed by atoms with Gasteiger partial charge in [0.25, 0.3) is 0 Å². The van der Waals surface area contributed by atoms with Gasteiger partial charge in [0.05, 0.1) is 5.69 Å². The molecule has 2 aromatic carbocycles. The molecule has 1 heterocycles. The normalized spacial score (nSPS) is 10.4. The first-order chi connectivity index (χ1) is 11.6. The second-order valence-electron chi connectivity index (χ2n) is 5.84. The molecule has 3 rings (SSSR count). The fraction of sp³-hybridized carbons (Fsp3) is 0.143. The molecule has 0 spiro atoms. The predicted octanol–water partition coefficient (Wildman–Crippen LogP) is 4.74. The lowest BCUT2D eigenvalue weighted by atomic mass is 9.97. The summed E-state index contributed by atoms with van der Waals surface area (Å²) < 4.78 is 0. The Labute approximate surface area is 142 Å². The van der Waals surface area contributed by atoms with Crippen LogP contribution in [0.4, 0.5) is 5.82 Å². The van der Waals surface area contributed by atoms with Crippen molar-refractivity contribution in [3.05, 3.63) is 71.3 Å². The van der Waals surface area contributed by atoms with Crippen molar-refractivity contribution in [3.8, 4) is 28.5 Å². The van der Waals surface area contributed by atoms with E-state index in [-0.39, 0.29) is 5.82 Å². The van der Waals surface area contributed by atoms with Gasteiger partial charge < -0.3 is 5.73 Å². The second kappa shape index (κ2) is 6.55. The molecule has 1 aromatic heterocycles. The number of nitrogens with zero attached hydrogens (tertiary/aromatic N) is 2. The van der Waals surface area contributed by atoms with E-state index < -0.39 is 0 Å². The number of hydrogen-bond acceptors (Lipinski definition) is 3. The number of benzene rings is 2. The standard InChI is InChI=1S/C21H19N3/c1-3-15-6-10-17(11-7-15)20-12-18(19(13-22)21(23)24-20)16-8-4-14(2)5-9-16/h4-12H,3H2,1-2H3,(H2,23,24). The third-order valence-corrected chi connectivity index (χ3v) is 4.18. The summed E-state index contributed by atoms with van der Waals surface area (Å²) in [5.41, 5.74) is 12.5. The molecule has 0 unspecified atom stereocenters. The van der Waals surface area contributed by atoms with Crippen LogP contribution in [-0.4, -0.2) is 4.98 Å². The zero-order valence-corrected chi connectivity index (χ0v) is 13.9. The SMILES string of the molecule is CCc1ccc(-c2cc(-c3ccc(C)cc3)c(C#N)c(N)n2)cc1. The molecule has 0 saturated carbocycles. The van der Waals surface area contributed by atoms with Crippen LogP contribution in [-0.2, 0) is 6.42 Å². The lowest BCUT2D eigenvalue weighted by molar-refractivity contribution is 1.14. The van der Waals surface area contributed by atoms with Crippen molar-refractivity contribution in [1.82, 2.24) is 4.98 Å². The van der Waals surface area contributed by atoms with E-state index in [9.17, 15) is 5.26 Å². The van der Waals surface area contributed by atoms with Crippen molar-refractivity contribution in [2.45, 2.75) is 20.3 Å². The molecule has 0 aliphatic heterocycles. The van der Waals surface area contributed by atoms with Gasteiger partial charge in [-0.15, -0.1) is 0 Å². The molecule has 24 heavy (non-hydrogen) atoms. The largest absolute Gasteiger partial charge is 0.383 e. The summed E-state index contributed by atoms with van der Waals surface area (Å²) in [6.07, 6.45) is 0.998. The van der Waals surface area contributed by atoms with E-state index in [1.54, 1.807) is 0 Å². The topological polar surface area (TPSA) is 62.7 Å². The fourth-order valence-corrected chi connectivity index (χ4v) is 2.70. The fourth-order valence-electron chi connectivity index (χ4n) is 2.70. The van der Waals surface area contributed by atoms with Gasteiger partial charge in [0, 0.05) is 11.1 Å². The first kappa shape index (κ1) is 15.8. The Kier molecular flexibility index (Phi) is 4.31. The van der Waals surface area contributed by atoms with Gasteiger partial charge in [-0.3, -0.25) is 0 Å². The molecule has 0 bridgehead atoms. The number of nitrogen functional groups attached to an aromatic ring is 1. The van der Waals surface area contributed by atoms with Gasteiger partial charge in [-0.25, -0.2) is 4.98 Å². The van der Waals surface area contributed by atoms with Crippen molar-refractivity contribution in [2.75, 3.05) is 5.73 Å². The van der Waals surface area contributed by atoms with Gasteiger partial charge in [0.15, 0.2) is 0 Å². The molecule has 3 aromatic rings. The van der Waals surface area contributed by atoms with Crippen molar-refractivity contribution < 1.29 is 0 Å². The molecule has 118 valence electrons. The zero-order valence-electron chi connectivity index (χ0n) is 13.9. The van der Waals surface area contributed by atoms with Crippen LogP contribution in [0.25, 0.3) is 22.4 Å². The molecule has 2 N–H and O–H groups in total. The van der Waals surface area contributed by atoms with Gasteiger partial charge in [-0.1, -0.05) is 61.0 Å². The van der Waals surface area contributed by atoms with Crippen LogP contribution in [0.3, 0.4) is 0 Å². The third kappa shape index (κ3) is 3.00. The van der Waals surface area contributed by atoms with E-state index in [0.29, 0.717) is 5.56 Å². The Morgan fingerprint density at radius 2 is 1.62 bits per heavy atom. The summed E-state index contributed by atoms with van der Waals surface area (Å²) in [6, 6.07) is 20.5. The Hall–Kier alpha value is -3.12.